The van der Waals surface area contributed by atoms with Gasteiger partial charge in [0.2, 0.25) is 0 Å². The predicted octanol–water partition coefficient (Wildman–Crippen LogP) is 1.43. The molecular formula is C11H12N2O2. The highest BCUT2D eigenvalue weighted by Crippen LogP contribution is 2.20. The highest BCUT2D eigenvalue weighted by Gasteiger charge is 2.17. The van der Waals surface area contributed by atoms with Gasteiger partial charge in [0.25, 0.3) is 0 Å². The molecule has 0 unspecified atom stereocenters. The molecule has 78 valence electrons. The Labute approximate surface area is 87.2 Å². The van der Waals surface area contributed by atoms with Crippen molar-refractivity contribution >= 4 is 11.1 Å². The number of hydrogen-bond acceptors (Lipinski definition) is 4. The summed E-state index contributed by atoms with van der Waals surface area (Å²) in [4.78, 5) is 4.08. The molecular weight excluding hydrogens is 192 g/mol. The number of fused-ring (bicyclic) bond motifs is 1. The fourth-order valence-corrected chi connectivity index (χ4v) is 1.61. The van der Waals surface area contributed by atoms with E-state index in [9.17, 15) is 0 Å². The minimum Gasteiger partial charge on any atom is -0.493 e. The largest absolute Gasteiger partial charge is 0.493 e. The van der Waals surface area contributed by atoms with Crippen LogP contribution in [0.15, 0.2) is 29.0 Å². The molecule has 2 heterocycles. The Hall–Kier alpha value is -1.55. The van der Waals surface area contributed by atoms with Gasteiger partial charge in [0.1, 0.15) is 11.3 Å². The van der Waals surface area contributed by atoms with Crippen LogP contribution in [0.4, 0.5) is 0 Å². The summed E-state index contributed by atoms with van der Waals surface area (Å²) in [6.45, 7) is 2.90. The predicted molar refractivity (Wildman–Crippen MR) is 55.9 cm³/mol. The first-order valence-electron chi connectivity index (χ1n) is 5.08. The van der Waals surface area contributed by atoms with Crippen molar-refractivity contribution in [2.75, 3.05) is 19.7 Å². The molecule has 0 spiro atoms. The van der Waals surface area contributed by atoms with Gasteiger partial charge in [0.05, 0.1) is 6.61 Å². The van der Waals surface area contributed by atoms with Crippen LogP contribution in [0.25, 0.3) is 11.1 Å². The van der Waals surface area contributed by atoms with Crippen LogP contribution < -0.4 is 10.1 Å². The maximum Gasteiger partial charge on any atom is 0.181 e. The summed E-state index contributed by atoms with van der Waals surface area (Å²) in [5.41, 5.74) is 1.65. The standard InChI is InChI=1S/C11H12N2O2/c1-2-11-10(13-7-15-11)3-9(1)14-6-8-4-12-5-8/h1-3,7-8,12H,4-6H2. The molecule has 0 radical (unpaired) electrons. The van der Waals surface area contributed by atoms with E-state index in [0.717, 1.165) is 36.5 Å². The molecule has 0 atom stereocenters. The van der Waals surface area contributed by atoms with E-state index < -0.39 is 0 Å². The fourth-order valence-electron chi connectivity index (χ4n) is 1.61. The maximum atomic E-state index is 5.67. The first-order valence-corrected chi connectivity index (χ1v) is 5.08. The van der Waals surface area contributed by atoms with Gasteiger partial charge in [-0.2, -0.15) is 0 Å². The summed E-state index contributed by atoms with van der Waals surface area (Å²) in [5, 5.41) is 3.22. The second-order valence-corrected chi connectivity index (χ2v) is 3.82. The molecule has 0 saturated carbocycles. The fraction of sp³-hybridized carbons (Fsp3) is 0.364. The molecule has 4 heteroatoms. The number of benzene rings is 1. The molecule has 0 aliphatic carbocycles. The van der Waals surface area contributed by atoms with Crippen LogP contribution in [0.3, 0.4) is 0 Å². The molecule has 0 amide bonds. The van der Waals surface area contributed by atoms with Crippen LogP contribution in [0, 0.1) is 5.92 Å². The van der Waals surface area contributed by atoms with E-state index in [1.807, 2.05) is 18.2 Å². The number of aromatic nitrogens is 1. The number of nitrogens with zero attached hydrogens (tertiary/aromatic N) is 1. The van der Waals surface area contributed by atoms with Gasteiger partial charge in [-0.3, -0.25) is 0 Å². The van der Waals surface area contributed by atoms with Crippen molar-refractivity contribution < 1.29 is 9.15 Å². The van der Waals surface area contributed by atoms with E-state index in [1.54, 1.807) is 0 Å². The van der Waals surface area contributed by atoms with Crippen molar-refractivity contribution in [1.29, 1.82) is 0 Å². The number of ether oxygens (including phenoxy) is 1. The van der Waals surface area contributed by atoms with Gasteiger partial charge in [0.15, 0.2) is 12.0 Å². The molecule has 1 aromatic heterocycles. The van der Waals surface area contributed by atoms with Crippen molar-refractivity contribution in [3.8, 4) is 5.75 Å². The minimum atomic E-state index is 0.651. The van der Waals surface area contributed by atoms with Gasteiger partial charge < -0.3 is 14.5 Å². The SMILES string of the molecule is c1nc2cc(OCC3CNC3)ccc2o1. The normalized spacial score (nSPS) is 16.5. The topological polar surface area (TPSA) is 47.3 Å². The van der Waals surface area contributed by atoms with Crippen LogP contribution in [0.5, 0.6) is 5.75 Å². The Morgan fingerprint density at radius 1 is 1.47 bits per heavy atom. The molecule has 1 aliphatic rings. The minimum absolute atomic E-state index is 0.651. The Balaban J connectivity index is 1.72. The van der Waals surface area contributed by atoms with E-state index in [4.69, 9.17) is 9.15 Å². The second kappa shape index (κ2) is 3.55. The van der Waals surface area contributed by atoms with Crippen molar-refractivity contribution in [2.24, 2.45) is 5.92 Å². The van der Waals surface area contributed by atoms with E-state index in [2.05, 4.69) is 10.3 Å². The van der Waals surface area contributed by atoms with Gasteiger partial charge in [-0.25, -0.2) is 4.98 Å². The lowest BCUT2D eigenvalue weighted by Crippen LogP contribution is -2.45. The summed E-state index contributed by atoms with van der Waals surface area (Å²) in [5.74, 6) is 1.52. The first-order chi connectivity index (χ1) is 7.42. The highest BCUT2D eigenvalue weighted by molar-refractivity contribution is 5.73. The van der Waals surface area contributed by atoms with Gasteiger partial charge in [0, 0.05) is 25.1 Å². The van der Waals surface area contributed by atoms with E-state index in [1.165, 1.54) is 6.39 Å². The Kier molecular flexibility index (Phi) is 2.07. The van der Waals surface area contributed by atoms with Crippen molar-refractivity contribution in [1.82, 2.24) is 10.3 Å². The third kappa shape index (κ3) is 1.68. The second-order valence-electron chi connectivity index (χ2n) is 3.82. The molecule has 4 nitrogen and oxygen atoms in total. The average Bonchev–Trinajstić information content (AvgIpc) is 2.62. The van der Waals surface area contributed by atoms with Crippen LogP contribution in [-0.4, -0.2) is 24.7 Å². The molecule has 15 heavy (non-hydrogen) atoms. The summed E-state index contributed by atoms with van der Waals surface area (Å²) in [6.07, 6.45) is 1.45. The van der Waals surface area contributed by atoms with Crippen molar-refractivity contribution in [3.05, 3.63) is 24.6 Å². The molecule has 1 aromatic carbocycles. The molecule has 1 aliphatic heterocycles. The lowest BCUT2D eigenvalue weighted by Gasteiger charge is -2.26. The molecule has 3 rings (SSSR count). The van der Waals surface area contributed by atoms with Gasteiger partial charge in [-0.1, -0.05) is 0 Å². The Morgan fingerprint density at radius 2 is 2.40 bits per heavy atom. The summed E-state index contributed by atoms with van der Waals surface area (Å²) < 4.78 is 10.8. The molecule has 0 bridgehead atoms. The lowest BCUT2D eigenvalue weighted by molar-refractivity contribution is 0.199. The summed E-state index contributed by atoms with van der Waals surface area (Å²) in [7, 11) is 0. The monoisotopic (exact) mass is 204 g/mol. The van der Waals surface area contributed by atoms with Crippen LogP contribution in [0.2, 0.25) is 0 Å². The molecule has 1 N–H and O–H groups in total. The van der Waals surface area contributed by atoms with Crippen LogP contribution in [-0.2, 0) is 0 Å². The number of rotatable bonds is 3. The van der Waals surface area contributed by atoms with Crippen molar-refractivity contribution in [2.45, 2.75) is 0 Å². The third-order valence-corrected chi connectivity index (χ3v) is 2.65. The first kappa shape index (κ1) is 8.73. The molecule has 2 aromatic rings. The van der Waals surface area contributed by atoms with E-state index in [-0.39, 0.29) is 0 Å². The zero-order chi connectivity index (χ0) is 10.1. The van der Waals surface area contributed by atoms with E-state index in [0.29, 0.717) is 5.92 Å². The molecule has 1 fully saturated rings. The Bertz CT molecular complexity index is 462. The number of oxazole rings is 1. The number of hydrogen-bond donors (Lipinski definition) is 1. The smallest absolute Gasteiger partial charge is 0.181 e. The zero-order valence-electron chi connectivity index (χ0n) is 8.27. The van der Waals surface area contributed by atoms with Gasteiger partial charge in [-0.05, 0) is 12.1 Å². The van der Waals surface area contributed by atoms with Gasteiger partial charge >= 0.3 is 0 Å². The van der Waals surface area contributed by atoms with Crippen molar-refractivity contribution in [3.63, 3.8) is 0 Å². The zero-order valence-corrected chi connectivity index (χ0v) is 8.27. The summed E-state index contributed by atoms with van der Waals surface area (Å²) in [6, 6.07) is 5.71. The van der Waals surface area contributed by atoms with Gasteiger partial charge in [-0.15, -0.1) is 0 Å². The lowest BCUT2D eigenvalue weighted by atomic mass is 10.1. The average molecular weight is 204 g/mol. The van der Waals surface area contributed by atoms with Crippen LogP contribution >= 0.6 is 0 Å². The summed E-state index contributed by atoms with van der Waals surface area (Å²) >= 11 is 0. The highest BCUT2D eigenvalue weighted by atomic mass is 16.5. The van der Waals surface area contributed by atoms with E-state index >= 15 is 0 Å². The van der Waals surface area contributed by atoms with Crippen LogP contribution in [0.1, 0.15) is 0 Å². The third-order valence-electron chi connectivity index (χ3n) is 2.65. The molecule has 1 saturated heterocycles. The maximum absolute atomic E-state index is 5.67. The Morgan fingerprint density at radius 3 is 3.20 bits per heavy atom. The quantitative estimate of drug-likeness (QED) is 0.821. The number of nitrogens with one attached hydrogen (secondary N) is 1.